The standard InChI is InChI=1S/C32H36N2O2/c1-5-32(33(3)4,31(35)25-14-16-27(17-15-25)34-18-20-36-21-19-34)30-28-9-7-6-8-26(28)22-29(30)24-12-10-23(2)11-13-24/h6-17,22,30H,5,18-21H2,1-4H3. The zero-order chi connectivity index (χ0) is 25.3. The number of ether oxygens (including phenoxy) is 1. The van der Waals surface area contributed by atoms with Gasteiger partial charge in [-0.15, -0.1) is 0 Å². The van der Waals surface area contributed by atoms with Crippen LogP contribution in [0.25, 0.3) is 11.6 Å². The van der Waals surface area contributed by atoms with Crippen LogP contribution >= 0.6 is 0 Å². The van der Waals surface area contributed by atoms with Gasteiger partial charge in [-0.3, -0.25) is 9.69 Å². The van der Waals surface area contributed by atoms with Crippen molar-refractivity contribution in [3.63, 3.8) is 0 Å². The number of hydrogen-bond acceptors (Lipinski definition) is 4. The lowest BCUT2D eigenvalue weighted by atomic mass is 9.69. The van der Waals surface area contributed by atoms with E-state index in [-0.39, 0.29) is 11.7 Å². The highest BCUT2D eigenvalue weighted by Gasteiger charge is 2.50. The Kier molecular flexibility index (Phi) is 6.83. The first kappa shape index (κ1) is 24.5. The Morgan fingerprint density at radius 2 is 1.64 bits per heavy atom. The van der Waals surface area contributed by atoms with E-state index in [0.29, 0.717) is 6.42 Å². The summed E-state index contributed by atoms with van der Waals surface area (Å²) in [5.41, 5.74) is 7.24. The van der Waals surface area contributed by atoms with E-state index in [1.54, 1.807) is 0 Å². The summed E-state index contributed by atoms with van der Waals surface area (Å²) in [4.78, 5) is 19.0. The van der Waals surface area contributed by atoms with Crippen LogP contribution in [0.1, 0.15) is 51.9 Å². The SMILES string of the molecule is CCC(C(=O)c1ccc(N2CCOCC2)cc1)(C1C(c2ccc(C)cc2)=Cc2ccccc21)N(C)C. The molecular formula is C32H36N2O2. The van der Waals surface area contributed by atoms with Crippen LogP contribution in [0, 0.1) is 6.92 Å². The summed E-state index contributed by atoms with van der Waals surface area (Å²) >= 11 is 0. The summed E-state index contributed by atoms with van der Waals surface area (Å²) in [6, 6.07) is 25.4. The summed E-state index contributed by atoms with van der Waals surface area (Å²) in [6.07, 6.45) is 2.99. The summed E-state index contributed by atoms with van der Waals surface area (Å²) in [5, 5.41) is 0. The third-order valence-electron chi connectivity index (χ3n) is 8.03. The Morgan fingerprint density at radius 1 is 0.972 bits per heavy atom. The van der Waals surface area contributed by atoms with Crippen LogP contribution in [0.3, 0.4) is 0 Å². The van der Waals surface area contributed by atoms with Crippen molar-refractivity contribution in [2.75, 3.05) is 45.3 Å². The first-order valence-electron chi connectivity index (χ1n) is 13.0. The molecule has 2 unspecified atom stereocenters. The summed E-state index contributed by atoms with van der Waals surface area (Å²) in [7, 11) is 4.11. The second kappa shape index (κ2) is 10.0. The number of fused-ring (bicyclic) bond motifs is 1. The van der Waals surface area contributed by atoms with Gasteiger partial charge < -0.3 is 9.64 Å². The van der Waals surface area contributed by atoms with E-state index >= 15 is 0 Å². The fourth-order valence-electron chi connectivity index (χ4n) is 6.00. The molecule has 0 bridgehead atoms. The molecular weight excluding hydrogens is 444 g/mol. The first-order chi connectivity index (χ1) is 17.5. The second-order valence-electron chi connectivity index (χ2n) is 10.2. The van der Waals surface area contributed by atoms with Crippen molar-refractivity contribution < 1.29 is 9.53 Å². The number of carbonyl (C=O) groups is 1. The van der Waals surface area contributed by atoms with Gasteiger partial charge in [-0.2, -0.15) is 0 Å². The lowest BCUT2D eigenvalue weighted by Gasteiger charge is -2.44. The van der Waals surface area contributed by atoms with Crippen LogP contribution in [-0.4, -0.2) is 56.6 Å². The van der Waals surface area contributed by atoms with Crippen molar-refractivity contribution in [2.45, 2.75) is 31.7 Å². The minimum Gasteiger partial charge on any atom is -0.378 e. The maximum absolute atomic E-state index is 14.6. The van der Waals surface area contributed by atoms with Crippen LogP contribution in [0.2, 0.25) is 0 Å². The second-order valence-corrected chi connectivity index (χ2v) is 10.2. The monoisotopic (exact) mass is 480 g/mol. The molecule has 4 nitrogen and oxygen atoms in total. The molecule has 3 aromatic rings. The van der Waals surface area contributed by atoms with Gasteiger partial charge >= 0.3 is 0 Å². The molecule has 1 aliphatic carbocycles. The number of hydrogen-bond donors (Lipinski definition) is 0. The van der Waals surface area contributed by atoms with Gasteiger partial charge in [0.1, 0.15) is 0 Å². The number of ketones is 1. The Hall–Kier alpha value is -3.21. The van der Waals surface area contributed by atoms with Crippen LogP contribution in [0.15, 0.2) is 72.8 Å². The molecule has 1 saturated heterocycles. The van der Waals surface area contributed by atoms with Crippen molar-refractivity contribution in [1.82, 2.24) is 4.90 Å². The van der Waals surface area contributed by atoms with Gasteiger partial charge in [0.05, 0.1) is 18.8 Å². The number of anilines is 1. The molecule has 36 heavy (non-hydrogen) atoms. The molecule has 1 aliphatic heterocycles. The average molecular weight is 481 g/mol. The average Bonchev–Trinajstić information content (AvgIpc) is 3.30. The molecule has 3 aromatic carbocycles. The predicted molar refractivity (Wildman–Crippen MR) is 149 cm³/mol. The number of aryl methyl sites for hydroxylation is 1. The van der Waals surface area contributed by atoms with Crippen LogP contribution in [-0.2, 0) is 4.74 Å². The normalized spacial score (nSPS) is 19.1. The van der Waals surface area contributed by atoms with E-state index in [0.717, 1.165) is 37.6 Å². The molecule has 0 amide bonds. The van der Waals surface area contributed by atoms with E-state index in [1.165, 1.54) is 27.8 Å². The Labute approximate surface area is 215 Å². The van der Waals surface area contributed by atoms with Crippen molar-refractivity contribution in [3.05, 3.63) is 101 Å². The van der Waals surface area contributed by atoms with Crippen molar-refractivity contribution in [1.29, 1.82) is 0 Å². The lowest BCUT2D eigenvalue weighted by Crippen LogP contribution is -2.55. The van der Waals surface area contributed by atoms with Gasteiger partial charge in [-0.05, 0) is 74.0 Å². The van der Waals surface area contributed by atoms with Crippen LogP contribution in [0.5, 0.6) is 0 Å². The van der Waals surface area contributed by atoms with Crippen LogP contribution in [0.4, 0.5) is 5.69 Å². The molecule has 2 atom stereocenters. The van der Waals surface area contributed by atoms with Gasteiger partial charge in [0, 0.05) is 30.3 Å². The summed E-state index contributed by atoms with van der Waals surface area (Å²) in [6.45, 7) is 7.51. The maximum Gasteiger partial charge on any atom is 0.184 e. The zero-order valence-electron chi connectivity index (χ0n) is 21.8. The first-order valence-corrected chi connectivity index (χ1v) is 13.0. The smallest absolute Gasteiger partial charge is 0.184 e. The molecule has 5 rings (SSSR count). The van der Waals surface area contributed by atoms with Gasteiger partial charge in [0.15, 0.2) is 5.78 Å². The molecule has 0 saturated carbocycles. The number of morpholine rings is 1. The van der Waals surface area contributed by atoms with E-state index in [9.17, 15) is 4.79 Å². The number of likely N-dealkylation sites (N-methyl/N-ethyl adjacent to an activating group) is 1. The summed E-state index contributed by atoms with van der Waals surface area (Å²) < 4.78 is 5.50. The van der Waals surface area contributed by atoms with Gasteiger partial charge in [0.25, 0.3) is 0 Å². The third-order valence-corrected chi connectivity index (χ3v) is 8.03. The predicted octanol–water partition coefficient (Wildman–Crippen LogP) is 6.06. The number of nitrogens with zero attached hydrogens (tertiary/aromatic N) is 2. The minimum atomic E-state index is -0.718. The highest BCUT2D eigenvalue weighted by Crippen LogP contribution is 2.51. The fraction of sp³-hybridized carbons (Fsp3) is 0.344. The fourth-order valence-corrected chi connectivity index (χ4v) is 6.00. The topological polar surface area (TPSA) is 32.8 Å². The lowest BCUT2D eigenvalue weighted by molar-refractivity contribution is 0.0637. The van der Waals surface area contributed by atoms with Crippen molar-refractivity contribution in [2.24, 2.45) is 0 Å². The van der Waals surface area contributed by atoms with Gasteiger partial charge in [-0.25, -0.2) is 0 Å². The van der Waals surface area contributed by atoms with Gasteiger partial charge in [0.2, 0.25) is 0 Å². The number of Topliss-reactive ketones (excluding diaryl/α,β-unsaturated/α-hetero) is 1. The van der Waals surface area contributed by atoms with E-state index in [4.69, 9.17) is 4.74 Å². The molecule has 0 spiro atoms. The molecule has 1 fully saturated rings. The molecule has 1 heterocycles. The largest absolute Gasteiger partial charge is 0.378 e. The number of rotatable bonds is 7. The Morgan fingerprint density at radius 3 is 2.28 bits per heavy atom. The molecule has 186 valence electrons. The Bertz CT molecular complexity index is 1250. The van der Waals surface area contributed by atoms with Crippen molar-refractivity contribution in [3.8, 4) is 0 Å². The molecule has 2 aliphatic rings. The number of carbonyl (C=O) groups excluding carboxylic acids is 1. The maximum atomic E-state index is 14.6. The van der Waals surface area contributed by atoms with Gasteiger partial charge in [-0.1, -0.05) is 67.1 Å². The Balaban J connectivity index is 1.58. The summed E-state index contributed by atoms with van der Waals surface area (Å²) in [5.74, 6) is 0.103. The highest BCUT2D eigenvalue weighted by atomic mass is 16.5. The van der Waals surface area contributed by atoms with Crippen molar-refractivity contribution >= 4 is 23.1 Å². The molecule has 0 aromatic heterocycles. The molecule has 0 N–H and O–H groups in total. The van der Waals surface area contributed by atoms with E-state index < -0.39 is 5.54 Å². The minimum absolute atomic E-state index is 0.0668. The zero-order valence-corrected chi connectivity index (χ0v) is 21.8. The van der Waals surface area contributed by atoms with Crippen LogP contribution < -0.4 is 4.90 Å². The molecule has 4 heteroatoms. The highest BCUT2D eigenvalue weighted by molar-refractivity contribution is 6.08. The van der Waals surface area contributed by atoms with E-state index in [2.05, 4.69) is 104 Å². The molecule has 0 radical (unpaired) electrons. The quantitative estimate of drug-likeness (QED) is 0.385. The third kappa shape index (κ3) is 4.19. The van der Waals surface area contributed by atoms with E-state index in [1.807, 2.05) is 12.1 Å². The number of benzene rings is 3.